The van der Waals surface area contributed by atoms with E-state index >= 15 is 0 Å². The number of rotatable bonds is 9. The fourth-order valence-electron chi connectivity index (χ4n) is 2.32. The summed E-state index contributed by atoms with van der Waals surface area (Å²) in [7, 11) is 3.51. The van der Waals surface area contributed by atoms with Crippen molar-refractivity contribution in [3.8, 4) is 0 Å². The fraction of sp³-hybridized carbons (Fsp3) is 0.733. The number of aliphatic hydroxyl groups excluding tert-OH is 1. The summed E-state index contributed by atoms with van der Waals surface area (Å²) in [4.78, 5) is 20.1. The normalized spacial score (nSPS) is 11.4. The van der Waals surface area contributed by atoms with Gasteiger partial charge < -0.3 is 10.0 Å². The average Bonchev–Trinajstić information content (AvgIpc) is 2.87. The van der Waals surface area contributed by atoms with Crippen LogP contribution in [0.3, 0.4) is 0 Å². The van der Waals surface area contributed by atoms with Crippen LogP contribution in [0.15, 0.2) is 5.38 Å². The first-order chi connectivity index (χ1) is 10.0. The minimum Gasteiger partial charge on any atom is -0.395 e. The molecule has 0 saturated carbocycles. The topological polar surface area (TPSA) is 56.7 Å². The molecule has 0 aromatic carbocycles. The Morgan fingerprint density at radius 2 is 2.05 bits per heavy atom. The van der Waals surface area contributed by atoms with Crippen LogP contribution in [0, 0.1) is 0 Å². The van der Waals surface area contributed by atoms with E-state index in [2.05, 4.69) is 23.7 Å². The lowest BCUT2D eigenvalue weighted by Crippen LogP contribution is -2.36. The quantitative estimate of drug-likeness (QED) is 0.755. The molecule has 1 heterocycles. The van der Waals surface area contributed by atoms with Gasteiger partial charge in [-0.2, -0.15) is 0 Å². The molecule has 0 unspecified atom stereocenters. The highest BCUT2D eigenvalue weighted by Gasteiger charge is 2.17. The lowest BCUT2D eigenvalue weighted by molar-refractivity contribution is -0.127. The molecule has 0 aliphatic carbocycles. The summed E-state index contributed by atoms with van der Waals surface area (Å²) < 4.78 is 0. The number of nitrogens with zero attached hydrogens (tertiary/aromatic N) is 3. The molecule has 0 spiro atoms. The van der Waals surface area contributed by atoms with E-state index in [9.17, 15) is 9.90 Å². The van der Waals surface area contributed by atoms with E-state index in [0.29, 0.717) is 19.0 Å². The average molecular weight is 313 g/mol. The minimum absolute atomic E-state index is 0.0723. The third-order valence-electron chi connectivity index (χ3n) is 3.61. The maximum atomic E-state index is 11.7. The minimum atomic E-state index is 0.0723. The molecule has 0 bridgehead atoms. The van der Waals surface area contributed by atoms with Gasteiger partial charge in [0.05, 0.1) is 18.7 Å². The van der Waals surface area contributed by atoms with E-state index in [1.807, 2.05) is 5.38 Å². The maximum absolute atomic E-state index is 11.7. The van der Waals surface area contributed by atoms with Crippen LogP contribution in [0.25, 0.3) is 0 Å². The third-order valence-corrected chi connectivity index (χ3v) is 4.51. The number of thiazole rings is 1. The third kappa shape index (κ3) is 5.73. The number of likely N-dealkylation sites (N-methyl/N-ethyl adjacent to an activating group) is 1. The zero-order valence-corrected chi connectivity index (χ0v) is 14.3. The number of aromatic nitrogens is 1. The van der Waals surface area contributed by atoms with Gasteiger partial charge >= 0.3 is 0 Å². The molecule has 0 aliphatic heterocycles. The van der Waals surface area contributed by atoms with E-state index in [0.717, 1.165) is 30.1 Å². The van der Waals surface area contributed by atoms with Gasteiger partial charge in [0, 0.05) is 38.6 Å². The highest BCUT2D eigenvalue weighted by molar-refractivity contribution is 7.09. The summed E-state index contributed by atoms with van der Waals surface area (Å²) in [6.45, 7) is 5.89. The Kier molecular flexibility index (Phi) is 7.85. The SMILES string of the molecule is CCC(CC)N(CCO)Cc1csc(CC(=O)N(C)C)n1. The van der Waals surface area contributed by atoms with Crippen LogP contribution in [0.4, 0.5) is 0 Å². The van der Waals surface area contributed by atoms with E-state index in [1.54, 1.807) is 19.0 Å². The van der Waals surface area contributed by atoms with Gasteiger partial charge in [0.25, 0.3) is 0 Å². The second kappa shape index (κ2) is 9.12. The van der Waals surface area contributed by atoms with Crippen molar-refractivity contribution in [1.29, 1.82) is 0 Å². The molecule has 0 atom stereocenters. The molecule has 1 N–H and O–H groups in total. The zero-order valence-electron chi connectivity index (χ0n) is 13.5. The van der Waals surface area contributed by atoms with Crippen molar-refractivity contribution in [2.45, 2.75) is 45.7 Å². The van der Waals surface area contributed by atoms with Gasteiger partial charge in [-0.1, -0.05) is 13.8 Å². The van der Waals surface area contributed by atoms with Crippen LogP contribution in [-0.4, -0.2) is 59.1 Å². The van der Waals surface area contributed by atoms with Crippen molar-refractivity contribution >= 4 is 17.2 Å². The molecule has 6 heteroatoms. The van der Waals surface area contributed by atoms with Crippen molar-refractivity contribution in [2.24, 2.45) is 0 Å². The Hall–Kier alpha value is -0.980. The number of hydrogen-bond donors (Lipinski definition) is 1. The number of carbonyl (C=O) groups is 1. The van der Waals surface area contributed by atoms with Crippen molar-refractivity contribution in [3.63, 3.8) is 0 Å². The molecule has 1 aromatic heterocycles. The van der Waals surface area contributed by atoms with Gasteiger partial charge in [-0.05, 0) is 12.8 Å². The Bertz CT molecular complexity index is 430. The molecule has 5 nitrogen and oxygen atoms in total. The van der Waals surface area contributed by atoms with Crippen LogP contribution < -0.4 is 0 Å². The monoisotopic (exact) mass is 313 g/mol. The lowest BCUT2D eigenvalue weighted by atomic mass is 10.1. The molecule has 0 saturated heterocycles. The number of amides is 1. The van der Waals surface area contributed by atoms with Crippen molar-refractivity contribution in [1.82, 2.24) is 14.8 Å². The summed E-state index contributed by atoms with van der Waals surface area (Å²) in [6.07, 6.45) is 2.49. The smallest absolute Gasteiger partial charge is 0.228 e. The summed E-state index contributed by atoms with van der Waals surface area (Å²) in [5, 5.41) is 12.1. The van der Waals surface area contributed by atoms with Gasteiger partial charge in [-0.25, -0.2) is 4.98 Å². The predicted octanol–water partition coefficient (Wildman–Crippen LogP) is 1.76. The highest BCUT2D eigenvalue weighted by atomic mass is 32.1. The number of hydrogen-bond acceptors (Lipinski definition) is 5. The largest absolute Gasteiger partial charge is 0.395 e. The second-order valence-electron chi connectivity index (χ2n) is 5.36. The summed E-state index contributed by atoms with van der Waals surface area (Å²) in [5.74, 6) is 0.0723. The summed E-state index contributed by atoms with van der Waals surface area (Å²) in [6, 6.07) is 0.464. The van der Waals surface area contributed by atoms with Crippen LogP contribution in [0.2, 0.25) is 0 Å². The van der Waals surface area contributed by atoms with Gasteiger partial charge in [-0.3, -0.25) is 9.69 Å². The van der Waals surface area contributed by atoms with Gasteiger partial charge in [0.2, 0.25) is 5.91 Å². The van der Waals surface area contributed by atoms with Crippen LogP contribution in [-0.2, 0) is 17.8 Å². The Morgan fingerprint density at radius 3 is 2.57 bits per heavy atom. The maximum Gasteiger partial charge on any atom is 0.228 e. The molecule has 21 heavy (non-hydrogen) atoms. The number of carbonyl (C=O) groups excluding carboxylic acids is 1. The zero-order chi connectivity index (χ0) is 15.8. The van der Waals surface area contributed by atoms with E-state index in [1.165, 1.54) is 11.3 Å². The van der Waals surface area contributed by atoms with Crippen molar-refractivity contribution < 1.29 is 9.90 Å². The first-order valence-corrected chi connectivity index (χ1v) is 8.38. The number of aliphatic hydroxyl groups is 1. The molecule has 0 fully saturated rings. The predicted molar refractivity (Wildman–Crippen MR) is 86.4 cm³/mol. The molecule has 1 rings (SSSR count). The van der Waals surface area contributed by atoms with Gasteiger partial charge in [0.15, 0.2) is 0 Å². The van der Waals surface area contributed by atoms with E-state index in [4.69, 9.17) is 0 Å². The molecule has 120 valence electrons. The van der Waals surface area contributed by atoms with E-state index in [-0.39, 0.29) is 12.5 Å². The summed E-state index contributed by atoms with van der Waals surface area (Å²) >= 11 is 1.53. The molecule has 0 radical (unpaired) electrons. The van der Waals surface area contributed by atoms with Crippen molar-refractivity contribution in [2.75, 3.05) is 27.2 Å². The standard InChI is InChI=1S/C15H27N3O2S/c1-5-13(6-2)18(7-8-19)10-12-11-21-14(16-12)9-15(20)17(3)4/h11,13,19H,5-10H2,1-4H3. The highest BCUT2D eigenvalue weighted by Crippen LogP contribution is 2.16. The van der Waals surface area contributed by atoms with Crippen LogP contribution in [0.1, 0.15) is 37.4 Å². The van der Waals surface area contributed by atoms with Crippen LogP contribution in [0.5, 0.6) is 0 Å². The van der Waals surface area contributed by atoms with Gasteiger partial charge in [0.1, 0.15) is 5.01 Å². The van der Waals surface area contributed by atoms with Gasteiger partial charge in [-0.15, -0.1) is 11.3 Å². The Labute approximate surface area is 131 Å². The van der Waals surface area contributed by atoms with Crippen LogP contribution >= 0.6 is 11.3 Å². The second-order valence-corrected chi connectivity index (χ2v) is 6.30. The summed E-state index contributed by atoms with van der Waals surface area (Å²) in [5.41, 5.74) is 0.988. The first kappa shape index (κ1) is 18.1. The Morgan fingerprint density at radius 1 is 1.38 bits per heavy atom. The first-order valence-electron chi connectivity index (χ1n) is 7.50. The molecular formula is C15H27N3O2S. The molecule has 0 aliphatic rings. The van der Waals surface area contributed by atoms with E-state index < -0.39 is 0 Å². The molecular weight excluding hydrogens is 286 g/mol. The molecule has 1 amide bonds. The lowest BCUT2D eigenvalue weighted by Gasteiger charge is -2.29. The molecule has 1 aromatic rings. The Balaban J connectivity index is 2.68. The fourth-order valence-corrected chi connectivity index (χ4v) is 3.10. The van der Waals surface area contributed by atoms with Crippen molar-refractivity contribution in [3.05, 3.63) is 16.1 Å².